The summed E-state index contributed by atoms with van der Waals surface area (Å²) in [5.41, 5.74) is 3.06. The largest absolute Gasteiger partial charge is 0.505 e. The Hall–Kier alpha value is -5.30. The number of nitro benzene ring substituents is 1. The Kier molecular flexibility index (Phi) is 5.88. The molecule has 0 radical (unpaired) electrons. The number of nitrogens with zero attached hydrogens (tertiary/aromatic N) is 3. The molecular weight excluding hydrogens is 493 g/mol. The van der Waals surface area contributed by atoms with Gasteiger partial charge in [0.15, 0.2) is 11.6 Å². The van der Waals surface area contributed by atoms with Crippen LogP contribution in [-0.4, -0.2) is 19.8 Å². The van der Waals surface area contributed by atoms with Crippen LogP contribution in [0.15, 0.2) is 127 Å². The molecule has 0 aliphatic rings. The summed E-state index contributed by atoms with van der Waals surface area (Å²) in [6.45, 7) is 0. The molecule has 190 valence electrons. The Morgan fingerprint density at radius 1 is 0.744 bits per heavy atom. The smallest absolute Gasteiger partial charge is 0.270 e. The predicted molar refractivity (Wildman–Crippen MR) is 148 cm³/mol. The average Bonchev–Trinajstić information content (AvgIpc) is 3.36. The molecule has 1 N–H and O–H groups in total. The van der Waals surface area contributed by atoms with Gasteiger partial charge in [-0.3, -0.25) is 10.1 Å². The minimum Gasteiger partial charge on any atom is -0.505 e. The number of rotatable bonds is 6. The molecule has 1 aromatic heterocycles. The molecule has 0 aliphatic carbocycles. The lowest BCUT2D eigenvalue weighted by Crippen LogP contribution is -2.38. The van der Waals surface area contributed by atoms with Crippen LogP contribution in [0.5, 0.6) is 5.75 Å². The van der Waals surface area contributed by atoms with Gasteiger partial charge in [0.25, 0.3) is 5.69 Å². The number of benzene rings is 5. The zero-order valence-corrected chi connectivity index (χ0v) is 20.6. The van der Waals surface area contributed by atoms with Crippen molar-refractivity contribution >= 4 is 16.6 Å². The van der Waals surface area contributed by atoms with Gasteiger partial charge in [-0.1, -0.05) is 91.0 Å². The lowest BCUT2D eigenvalue weighted by Gasteiger charge is -2.37. The average molecular weight is 516 g/mol. The zero-order chi connectivity index (χ0) is 27.0. The van der Waals surface area contributed by atoms with Gasteiger partial charge < -0.3 is 5.11 Å². The lowest BCUT2D eigenvalue weighted by atomic mass is 9.77. The van der Waals surface area contributed by atoms with Crippen molar-refractivity contribution in [3.8, 4) is 17.0 Å². The number of non-ortho nitro benzene ring substituents is 1. The number of hydrogen-bond donors (Lipinski definition) is 1. The number of aromatic nitrogens is 2. The maximum Gasteiger partial charge on any atom is 0.270 e. The highest BCUT2D eigenvalue weighted by Gasteiger charge is 2.41. The van der Waals surface area contributed by atoms with Gasteiger partial charge in [-0.2, -0.15) is 5.10 Å². The molecule has 0 fully saturated rings. The molecule has 1 heterocycles. The molecule has 7 heteroatoms. The topological polar surface area (TPSA) is 81.2 Å². The van der Waals surface area contributed by atoms with E-state index >= 15 is 0 Å². The lowest BCUT2D eigenvalue weighted by molar-refractivity contribution is -0.384. The third-order valence-corrected chi connectivity index (χ3v) is 6.99. The molecule has 0 saturated carbocycles. The van der Waals surface area contributed by atoms with Crippen LogP contribution < -0.4 is 0 Å². The maximum atomic E-state index is 14.5. The molecular formula is C32H22FN3O3. The van der Waals surface area contributed by atoms with Crippen molar-refractivity contribution in [3.05, 3.63) is 160 Å². The molecule has 0 saturated heterocycles. The molecule has 0 atom stereocenters. The van der Waals surface area contributed by atoms with Crippen molar-refractivity contribution in [1.29, 1.82) is 0 Å². The molecule has 6 nitrogen and oxygen atoms in total. The molecule has 6 aromatic rings. The summed E-state index contributed by atoms with van der Waals surface area (Å²) < 4.78 is 16.4. The summed E-state index contributed by atoms with van der Waals surface area (Å²) in [4.78, 5) is 11.3. The highest BCUT2D eigenvalue weighted by Crippen LogP contribution is 2.44. The van der Waals surface area contributed by atoms with Crippen LogP contribution >= 0.6 is 0 Å². The first-order valence-electron chi connectivity index (χ1n) is 12.3. The Labute approximate surface area is 223 Å². The monoisotopic (exact) mass is 515 g/mol. The summed E-state index contributed by atoms with van der Waals surface area (Å²) in [7, 11) is 0. The summed E-state index contributed by atoms with van der Waals surface area (Å²) in [5.74, 6) is -1.29. The minimum atomic E-state index is -0.980. The highest BCUT2D eigenvalue weighted by atomic mass is 19.1. The quantitative estimate of drug-likeness (QED) is 0.143. The summed E-state index contributed by atoms with van der Waals surface area (Å²) in [6.07, 6.45) is 0. The van der Waals surface area contributed by atoms with Crippen LogP contribution in [0.1, 0.15) is 16.7 Å². The molecule has 39 heavy (non-hydrogen) atoms. The van der Waals surface area contributed by atoms with E-state index in [1.54, 1.807) is 12.1 Å². The summed E-state index contributed by atoms with van der Waals surface area (Å²) in [5, 5.41) is 27.1. The van der Waals surface area contributed by atoms with Crippen molar-refractivity contribution in [2.45, 2.75) is 5.54 Å². The fourth-order valence-corrected chi connectivity index (χ4v) is 5.25. The second-order valence-electron chi connectivity index (χ2n) is 9.19. The summed E-state index contributed by atoms with van der Waals surface area (Å²) in [6, 6.07) is 38.4. The second-order valence-corrected chi connectivity index (χ2v) is 9.19. The van der Waals surface area contributed by atoms with E-state index in [4.69, 9.17) is 5.10 Å². The van der Waals surface area contributed by atoms with Gasteiger partial charge in [0, 0.05) is 23.1 Å². The van der Waals surface area contributed by atoms with Gasteiger partial charge in [-0.05, 0) is 41.0 Å². The van der Waals surface area contributed by atoms with Crippen molar-refractivity contribution < 1.29 is 14.4 Å². The fraction of sp³-hybridized carbons (Fsp3) is 0.0312. The third kappa shape index (κ3) is 3.92. The van der Waals surface area contributed by atoms with Crippen LogP contribution in [-0.2, 0) is 5.54 Å². The van der Waals surface area contributed by atoms with Crippen LogP contribution in [0.4, 0.5) is 10.1 Å². The second kappa shape index (κ2) is 9.54. The molecule has 5 aromatic carbocycles. The van der Waals surface area contributed by atoms with Gasteiger partial charge in [0.1, 0.15) is 11.2 Å². The Balaban J connectivity index is 1.79. The van der Waals surface area contributed by atoms with Crippen LogP contribution in [0, 0.1) is 15.9 Å². The van der Waals surface area contributed by atoms with Gasteiger partial charge in [0.2, 0.25) is 0 Å². The van der Waals surface area contributed by atoms with E-state index in [0.29, 0.717) is 22.2 Å². The zero-order valence-electron chi connectivity index (χ0n) is 20.6. The number of aromatic hydroxyl groups is 1. The van der Waals surface area contributed by atoms with E-state index in [2.05, 4.69) is 0 Å². The van der Waals surface area contributed by atoms with Crippen LogP contribution in [0.3, 0.4) is 0 Å². The number of nitro groups is 1. The molecule has 0 bridgehead atoms. The van der Waals surface area contributed by atoms with Gasteiger partial charge in [0.05, 0.1) is 10.4 Å². The fourth-order valence-electron chi connectivity index (χ4n) is 5.25. The normalized spacial score (nSPS) is 11.5. The molecule has 0 aliphatic heterocycles. The van der Waals surface area contributed by atoms with Crippen molar-refractivity contribution in [2.24, 2.45) is 0 Å². The SMILES string of the molecule is O=[N+]([O-])c1ccc2c(c1)c(-c1ccc(O)c(F)c1)nn2C(c1ccccc1)(c1ccccc1)c1ccccc1. The highest BCUT2D eigenvalue weighted by molar-refractivity contribution is 5.95. The van der Waals surface area contributed by atoms with Crippen molar-refractivity contribution in [2.75, 3.05) is 0 Å². The maximum absolute atomic E-state index is 14.5. The van der Waals surface area contributed by atoms with E-state index in [-0.39, 0.29) is 5.69 Å². The Morgan fingerprint density at radius 3 is 1.77 bits per heavy atom. The van der Waals surface area contributed by atoms with Gasteiger partial charge in [-0.15, -0.1) is 0 Å². The first kappa shape index (κ1) is 24.1. The number of fused-ring (bicyclic) bond motifs is 1. The number of phenols is 1. The molecule has 0 spiro atoms. The van der Waals surface area contributed by atoms with E-state index in [1.807, 2.05) is 95.7 Å². The molecule has 6 rings (SSSR count). The number of halogens is 1. The number of phenolic OH excluding ortho intramolecular Hbond substituents is 1. The molecule has 0 unspecified atom stereocenters. The molecule has 0 amide bonds. The van der Waals surface area contributed by atoms with Crippen LogP contribution in [0.25, 0.3) is 22.2 Å². The standard InChI is InChI=1S/C32H22FN3O3/c33-28-20-22(16-19-30(28)37)31-27-21-26(36(38)39)17-18-29(27)35(34-31)32(23-10-4-1-5-11-23,24-12-6-2-7-13-24)25-14-8-3-9-15-25/h1-21,37H. The van der Waals surface area contributed by atoms with Crippen LogP contribution in [0.2, 0.25) is 0 Å². The van der Waals surface area contributed by atoms with E-state index in [0.717, 1.165) is 16.7 Å². The minimum absolute atomic E-state index is 0.104. The van der Waals surface area contributed by atoms with Crippen molar-refractivity contribution in [1.82, 2.24) is 9.78 Å². The Morgan fingerprint density at radius 2 is 1.28 bits per heavy atom. The van der Waals surface area contributed by atoms with Gasteiger partial charge in [-0.25, -0.2) is 9.07 Å². The summed E-state index contributed by atoms with van der Waals surface area (Å²) >= 11 is 0. The van der Waals surface area contributed by atoms with E-state index < -0.39 is 22.0 Å². The first-order chi connectivity index (χ1) is 19.0. The van der Waals surface area contributed by atoms with Gasteiger partial charge >= 0.3 is 0 Å². The van der Waals surface area contributed by atoms with E-state index in [1.165, 1.54) is 24.3 Å². The Bertz CT molecular complexity index is 1710. The van der Waals surface area contributed by atoms with Crippen molar-refractivity contribution in [3.63, 3.8) is 0 Å². The van der Waals surface area contributed by atoms with E-state index in [9.17, 15) is 19.6 Å². The third-order valence-electron chi connectivity index (χ3n) is 6.99. The first-order valence-corrected chi connectivity index (χ1v) is 12.3. The predicted octanol–water partition coefficient (Wildman–Crippen LogP) is 7.30. The number of hydrogen-bond acceptors (Lipinski definition) is 4.